The zero-order chi connectivity index (χ0) is 22.5. The summed E-state index contributed by atoms with van der Waals surface area (Å²) in [5, 5.41) is 6.96. The standard InChI is InChI=1S/C22H25N5O3S2/c1-2-30-16-10-8-14(9-11-16)20-24-26-22(31)27(20)13-19(28)23-25-21(29)18-12-15-6-4-3-5-7-17(15)32-18/h8-12H,2-7,13H2,1H3,(H,23,28)(H,25,29)(H,26,31). The van der Waals surface area contributed by atoms with Gasteiger partial charge in [0.05, 0.1) is 11.5 Å². The monoisotopic (exact) mass is 471 g/mol. The number of ether oxygens (including phenoxy) is 1. The Morgan fingerprint density at radius 2 is 1.97 bits per heavy atom. The average molecular weight is 472 g/mol. The summed E-state index contributed by atoms with van der Waals surface area (Å²) in [4.78, 5) is 26.9. The molecular weight excluding hydrogens is 446 g/mol. The Hall–Kier alpha value is -2.98. The van der Waals surface area contributed by atoms with E-state index in [1.165, 1.54) is 28.2 Å². The van der Waals surface area contributed by atoms with Gasteiger partial charge in [-0.1, -0.05) is 6.42 Å². The summed E-state index contributed by atoms with van der Waals surface area (Å²) in [7, 11) is 0. The predicted octanol–water partition coefficient (Wildman–Crippen LogP) is 3.80. The summed E-state index contributed by atoms with van der Waals surface area (Å²) < 4.78 is 7.36. The molecular formula is C22H25N5O3S2. The first-order valence-corrected chi connectivity index (χ1v) is 11.9. The number of rotatable bonds is 6. The molecule has 0 aliphatic heterocycles. The maximum Gasteiger partial charge on any atom is 0.279 e. The highest BCUT2D eigenvalue weighted by atomic mass is 32.1. The Bertz CT molecular complexity index is 1140. The van der Waals surface area contributed by atoms with Crippen molar-refractivity contribution in [3.63, 3.8) is 0 Å². The fourth-order valence-corrected chi connectivity index (χ4v) is 5.05. The quantitative estimate of drug-likeness (QED) is 0.288. The van der Waals surface area contributed by atoms with E-state index in [0.29, 0.717) is 22.1 Å². The van der Waals surface area contributed by atoms with Crippen molar-refractivity contribution in [3.05, 3.63) is 50.4 Å². The number of carbonyl (C=O) groups is 2. The number of aromatic nitrogens is 3. The topological polar surface area (TPSA) is 101 Å². The Balaban J connectivity index is 1.39. The van der Waals surface area contributed by atoms with Gasteiger partial charge < -0.3 is 4.74 Å². The van der Waals surface area contributed by atoms with Crippen LogP contribution >= 0.6 is 23.6 Å². The molecule has 0 spiro atoms. The molecule has 1 aromatic carbocycles. The van der Waals surface area contributed by atoms with E-state index >= 15 is 0 Å². The van der Waals surface area contributed by atoms with Gasteiger partial charge in [-0.25, -0.2) is 0 Å². The van der Waals surface area contributed by atoms with E-state index in [4.69, 9.17) is 17.0 Å². The molecule has 0 bridgehead atoms. The lowest BCUT2D eigenvalue weighted by molar-refractivity contribution is -0.122. The van der Waals surface area contributed by atoms with Crippen molar-refractivity contribution in [2.24, 2.45) is 0 Å². The first-order valence-electron chi connectivity index (χ1n) is 10.6. The number of hydrogen-bond donors (Lipinski definition) is 3. The lowest BCUT2D eigenvalue weighted by Crippen LogP contribution is -2.43. The van der Waals surface area contributed by atoms with E-state index in [0.717, 1.165) is 37.0 Å². The number of carbonyl (C=O) groups excluding carboxylic acids is 2. The molecule has 0 saturated carbocycles. The highest BCUT2D eigenvalue weighted by molar-refractivity contribution is 7.71. The van der Waals surface area contributed by atoms with Gasteiger partial charge in [-0.15, -0.1) is 11.3 Å². The van der Waals surface area contributed by atoms with Crippen LogP contribution in [-0.4, -0.2) is 33.2 Å². The van der Waals surface area contributed by atoms with Gasteiger partial charge in [0.25, 0.3) is 11.8 Å². The third-order valence-electron chi connectivity index (χ3n) is 5.27. The lowest BCUT2D eigenvalue weighted by atomic mass is 10.1. The number of H-pyrrole nitrogens is 1. The van der Waals surface area contributed by atoms with Gasteiger partial charge in [-0.05, 0) is 80.7 Å². The summed E-state index contributed by atoms with van der Waals surface area (Å²) in [6.45, 7) is 2.42. The number of hydrazine groups is 1. The second kappa shape index (κ2) is 10.1. The molecule has 3 aromatic rings. The fraction of sp³-hybridized carbons (Fsp3) is 0.364. The summed E-state index contributed by atoms with van der Waals surface area (Å²) in [5.41, 5.74) is 7.04. The van der Waals surface area contributed by atoms with E-state index in [9.17, 15) is 9.59 Å². The molecule has 0 saturated heterocycles. The van der Waals surface area contributed by atoms with Crippen molar-refractivity contribution in [1.29, 1.82) is 0 Å². The maximum absolute atomic E-state index is 12.5. The Morgan fingerprint density at radius 1 is 1.19 bits per heavy atom. The van der Waals surface area contributed by atoms with Gasteiger partial charge in [0.1, 0.15) is 12.3 Å². The molecule has 168 valence electrons. The summed E-state index contributed by atoms with van der Waals surface area (Å²) >= 11 is 6.80. The Labute approximate surface area is 195 Å². The minimum Gasteiger partial charge on any atom is -0.494 e. The highest BCUT2D eigenvalue weighted by Gasteiger charge is 2.18. The molecule has 0 fully saturated rings. The average Bonchev–Trinajstić information content (AvgIpc) is 3.29. The van der Waals surface area contributed by atoms with E-state index in [1.54, 1.807) is 4.57 Å². The molecule has 0 unspecified atom stereocenters. The molecule has 1 aliphatic carbocycles. The van der Waals surface area contributed by atoms with Crippen molar-refractivity contribution < 1.29 is 14.3 Å². The van der Waals surface area contributed by atoms with Crippen molar-refractivity contribution >= 4 is 35.4 Å². The van der Waals surface area contributed by atoms with Crippen LogP contribution in [0.1, 0.15) is 46.3 Å². The van der Waals surface area contributed by atoms with E-state index in [1.807, 2.05) is 37.3 Å². The minimum absolute atomic E-state index is 0.0842. The zero-order valence-corrected chi connectivity index (χ0v) is 19.4. The van der Waals surface area contributed by atoms with E-state index in [2.05, 4.69) is 21.0 Å². The third-order valence-corrected chi connectivity index (χ3v) is 6.82. The normalized spacial score (nSPS) is 13.2. The molecule has 2 amide bonds. The van der Waals surface area contributed by atoms with Gasteiger partial charge in [0, 0.05) is 10.4 Å². The number of aromatic amines is 1. The zero-order valence-electron chi connectivity index (χ0n) is 17.8. The molecule has 2 heterocycles. The Kier molecular flexibility index (Phi) is 7.01. The molecule has 10 heteroatoms. The number of nitrogens with zero attached hydrogens (tertiary/aromatic N) is 2. The van der Waals surface area contributed by atoms with Crippen LogP contribution in [0.15, 0.2) is 30.3 Å². The number of amides is 2. The van der Waals surface area contributed by atoms with Crippen LogP contribution in [0.25, 0.3) is 11.4 Å². The van der Waals surface area contributed by atoms with Crippen LogP contribution in [-0.2, 0) is 24.2 Å². The van der Waals surface area contributed by atoms with Crippen LogP contribution in [0.4, 0.5) is 0 Å². The third kappa shape index (κ3) is 5.08. The van der Waals surface area contributed by atoms with E-state index in [-0.39, 0.29) is 12.5 Å². The van der Waals surface area contributed by atoms with Gasteiger partial charge >= 0.3 is 0 Å². The number of aryl methyl sites for hydroxylation is 2. The molecule has 2 aromatic heterocycles. The number of nitrogens with one attached hydrogen (secondary N) is 3. The Morgan fingerprint density at radius 3 is 2.75 bits per heavy atom. The second-order valence-corrected chi connectivity index (χ2v) is 9.04. The van der Waals surface area contributed by atoms with Gasteiger partial charge in [-0.2, -0.15) is 5.10 Å². The highest BCUT2D eigenvalue weighted by Crippen LogP contribution is 2.28. The predicted molar refractivity (Wildman–Crippen MR) is 125 cm³/mol. The van der Waals surface area contributed by atoms with Gasteiger partial charge in [0.2, 0.25) is 0 Å². The maximum atomic E-state index is 12.5. The van der Waals surface area contributed by atoms with Crippen LogP contribution in [0, 0.1) is 4.77 Å². The molecule has 1 aliphatic rings. The van der Waals surface area contributed by atoms with Crippen LogP contribution < -0.4 is 15.6 Å². The molecule has 32 heavy (non-hydrogen) atoms. The minimum atomic E-state index is -0.402. The lowest BCUT2D eigenvalue weighted by Gasteiger charge is -2.09. The summed E-state index contributed by atoms with van der Waals surface area (Å²) in [6, 6.07) is 9.33. The smallest absolute Gasteiger partial charge is 0.279 e. The first kappa shape index (κ1) is 22.2. The number of thiophene rings is 1. The van der Waals surface area contributed by atoms with Crippen LogP contribution in [0.5, 0.6) is 5.75 Å². The number of fused-ring (bicyclic) bond motifs is 1. The second-order valence-electron chi connectivity index (χ2n) is 7.52. The van der Waals surface area contributed by atoms with Crippen LogP contribution in [0.2, 0.25) is 0 Å². The largest absolute Gasteiger partial charge is 0.494 e. The first-order chi connectivity index (χ1) is 15.5. The number of benzene rings is 1. The summed E-state index contributed by atoms with van der Waals surface area (Å²) in [5.74, 6) is 0.574. The van der Waals surface area contributed by atoms with Gasteiger partial charge in [0.15, 0.2) is 10.6 Å². The molecule has 8 nitrogen and oxygen atoms in total. The molecule has 0 atom stereocenters. The fourth-order valence-electron chi connectivity index (χ4n) is 3.70. The van der Waals surface area contributed by atoms with Gasteiger partial charge in [-0.3, -0.25) is 30.1 Å². The summed E-state index contributed by atoms with van der Waals surface area (Å²) in [6.07, 6.45) is 5.58. The molecule has 0 radical (unpaired) electrons. The van der Waals surface area contributed by atoms with Crippen molar-refractivity contribution in [2.75, 3.05) is 6.61 Å². The number of hydrogen-bond acceptors (Lipinski definition) is 6. The SMILES string of the molecule is CCOc1ccc(-c2n[nH]c(=S)n2CC(=O)NNC(=O)c2cc3c(s2)CCCCC3)cc1. The van der Waals surface area contributed by atoms with Crippen molar-refractivity contribution in [2.45, 2.75) is 45.6 Å². The van der Waals surface area contributed by atoms with Crippen molar-refractivity contribution in [3.8, 4) is 17.1 Å². The van der Waals surface area contributed by atoms with Crippen molar-refractivity contribution in [1.82, 2.24) is 25.6 Å². The van der Waals surface area contributed by atoms with E-state index < -0.39 is 5.91 Å². The van der Waals surface area contributed by atoms with Crippen LogP contribution in [0.3, 0.4) is 0 Å². The molecule has 4 rings (SSSR count). The molecule has 3 N–H and O–H groups in total.